The Morgan fingerprint density at radius 2 is 2.54 bits per heavy atom. The fraction of sp³-hybridized carbons (Fsp3) is 0.333. The van der Waals surface area contributed by atoms with E-state index in [-0.39, 0.29) is 7.33 Å². The number of carbonyl (C=O) groups excluding carboxylic acids is 1. The van der Waals surface area contributed by atoms with E-state index in [2.05, 4.69) is 10.3 Å². The van der Waals surface area contributed by atoms with Crippen molar-refractivity contribution in [1.29, 1.82) is 0 Å². The molecular weight excluding hydrogens is 184 g/mol. The van der Waals surface area contributed by atoms with Crippen molar-refractivity contribution >= 4 is 23.5 Å². The molecule has 0 radical (unpaired) electrons. The van der Waals surface area contributed by atoms with Crippen molar-refractivity contribution in [3.05, 3.63) is 17.8 Å². The summed E-state index contributed by atoms with van der Waals surface area (Å²) in [5.74, 6) is 1.26. The number of anilines is 1. The average molecular weight is 196 g/mol. The van der Waals surface area contributed by atoms with Crippen LogP contribution in [0.1, 0.15) is 14.0 Å². The van der Waals surface area contributed by atoms with E-state index < -0.39 is 0 Å². The summed E-state index contributed by atoms with van der Waals surface area (Å²) in [4.78, 5) is 16.4. The molecule has 2 rings (SSSR count). The monoisotopic (exact) mass is 196 g/mol. The summed E-state index contributed by atoms with van der Waals surface area (Å²) in [5.41, 5.74) is 1.02. The second-order valence-corrected chi connectivity index (χ2v) is 3.86. The standard InChI is InChI=1S/C9H10N2OS.H2/c1-2-6-3-4-7-9(10-6)11-8(12)5-13-7;/h3-4H,2,5H2,1H3,(H,10,11,12);1H. The normalized spacial score (nSPS) is 15.0. The van der Waals surface area contributed by atoms with Crippen LogP contribution in [0, 0.1) is 0 Å². The lowest BCUT2D eigenvalue weighted by Gasteiger charge is -2.15. The Bertz CT molecular complexity index is 357. The first kappa shape index (κ1) is 8.56. The summed E-state index contributed by atoms with van der Waals surface area (Å²) >= 11 is 1.54. The molecule has 1 aromatic rings. The fourth-order valence-corrected chi connectivity index (χ4v) is 1.96. The smallest absolute Gasteiger partial charge is 0.235 e. The van der Waals surface area contributed by atoms with Crippen molar-refractivity contribution in [2.24, 2.45) is 0 Å². The van der Waals surface area contributed by atoms with Gasteiger partial charge in [-0.05, 0) is 18.6 Å². The lowest BCUT2D eigenvalue weighted by molar-refractivity contribution is -0.113. The summed E-state index contributed by atoms with van der Waals surface area (Å²) < 4.78 is 0. The molecule has 0 saturated carbocycles. The zero-order valence-electron chi connectivity index (χ0n) is 7.33. The number of nitrogens with one attached hydrogen (secondary N) is 1. The number of thioether (sulfide) groups is 1. The van der Waals surface area contributed by atoms with Gasteiger partial charge >= 0.3 is 0 Å². The fourth-order valence-electron chi connectivity index (χ4n) is 1.20. The quantitative estimate of drug-likeness (QED) is 0.746. The van der Waals surface area contributed by atoms with Gasteiger partial charge in [-0.1, -0.05) is 6.92 Å². The van der Waals surface area contributed by atoms with Crippen molar-refractivity contribution in [1.82, 2.24) is 4.98 Å². The maximum absolute atomic E-state index is 11.1. The third kappa shape index (κ3) is 1.67. The first-order chi connectivity index (χ1) is 6.29. The van der Waals surface area contributed by atoms with Gasteiger partial charge in [0.1, 0.15) is 5.82 Å². The molecule has 0 atom stereocenters. The van der Waals surface area contributed by atoms with Gasteiger partial charge in [0.15, 0.2) is 0 Å². The van der Waals surface area contributed by atoms with Gasteiger partial charge < -0.3 is 5.32 Å². The van der Waals surface area contributed by atoms with E-state index >= 15 is 0 Å². The van der Waals surface area contributed by atoms with Crippen LogP contribution in [0.25, 0.3) is 0 Å². The summed E-state index contributed by atoms with van der Waals surface area (Å²) in [6.45, 7) is 2.05. The molecule has 1 N–H and O–H groups in total. The molecule has 4 heteroatoms. The van der Waals surface area contributed by atoms with Crippen LogP contribution >= 0.6 is 11.8 Å². The van der Waals surface area contributed by atoms with E-state index in [1.807, 2.05) is 19.1 Å². The SMILES string of the molecule is CCc1ccc2c(n1)NC(=O)CS2.[HH]. The molecule has 0 bridgehead atoms. The third-order valence-electron chi connectivity index (χ3n) is 1.89. The topological polar surface area (TPSA) is 42.0 Å². The molecule has 1 aliphatic rings. The molecule has 1 aliphatic heterocycles. The van der Waals surface area contributed by atoms with E-state index in [1.54, 1.807) is 11.8 Å². The molecule has 0 spiro atoms. The first-order valence-corrected chi connectivity index (χ1v) is 5.20. The Kier molecular flexibility index (Phi) is 2.22. The third-order valence-corrected chi connectivity index (χ3v) is 2.94. The Labute approximate surface area is 82.4 Å². The van der Waals surface area contributed by atoms with Crippen molar-refractivity contribution < 1.29 is 6.22 Å². The molecule has 0 saturated heterocycles. The Balaban J connectivity index is 0.000000980. The van der Waals surface area contributed by atoms with Crippen molar-refractivity contribution in [2.75, 3.05) is 11.1 Å². The molecule has 0 fully saturated rings. The summed E-state index contributed by atoms with van der Waals surface area (Å²) in [7, 11) is 0. The number of hydrogen-bond donors (Lipinski definition) is 1. The highest BCUT2D eigenvalue weighted by Gasteiger charge is 2.16. The minimum atomic E-state index is 0. The van der Waals surface area contributed by atoms with Crippen molar-refractivity contribution in [2.45, 2.75) is 18.2 Å². The van der Waals surface area contributed by atoms with Crippen LogP contribution < -0.4 is 5.32 Å². The number of rotatable bonds is 1. The number of aryl methyl sites for hydroxylation is 1. The van der Waals surface area contributed by atoms with E-state index in [0.29, 0.717) is 5.75 Å². The van der Waals surface area contributed by atoms with Gasteiger partial charge in [-0.25, -0.2) is 4.98 Å². The summed E-state index contributed by atoms with van der Waals surface area (Å²) in [5, 5.41) is 2.76. The number of fused-ring (bicyclic) bond motifs is 1. The average Bonchev–Trinajstić information content (AvgIpc) is 2.16. The minimum Gasteiger partial charge on any atom is -0.309 e. The lowest BCUT2D eigenvalue weighted by atomic mass is 10.3. The summed E-state index contributed by atoms with van der Waals surface area (Å²) in [6.07, 6.45) is 0.897. The van der Waals surface area contributed by atoms with Gasteiger partial charge in [0.25, 0.3) is 0 Å². The van der Waals surface area contributed by atoms with Gasteiger partial charge in [-0.2, -0.15) is 0 Å². The number of pyridine rings is 1. The lowest BCUT2D eigenvalue weighted by Crippen LogP contribution is -2.20. The second kappa shape index (κ2) is 3.38. The van der Waals surface area contributed by atoms with Crippen LogP contribution in [0.5, 0.6) is 0 Å². The van der Waals surface area contributed by atoms with E-state index in [9.17, 15) is 4.79 Å². The molecule has 1 amide bonds. The predicted octanol–water partition coefficient (Wildman–Crippen LogP) is 1.93. The van der Waals surface area contributed by atoms with Crippen molar-refractivity contribution in [3.8, 4) is 0 Å². The predicted molar refractivity (Wildman–Crippen MR) is 55.1 cm³/mol. The Morgan fingerprint density at radius 1 is 1.69 bits per heavy atom. The zero-order chi connectivity index (χ0) is 9.26. The maximum Gasteiger partial charge on any atom is 0.235 e. The highest BCUT2D eigenvalue weighted by Crippen LogP contribution is 2.29. The van der Waals surface area contributed by atoms with Crippen LogP contribution in [0.4, 0.5) is 5.82 Å². The van der Waals surface area contributed by atoms with E-state index in [0.717, 1.165) is 22.8 Å². The van der Waals surface area contributed by atoms with Gasteiger partial charge in [0, 0.05) is 7.12 Å². The number of carbonyl (C=O) groups is 1. The van der Waals surface area contributed by atoms with E-state index in [1.165, 1.54) is 0 Å². The number of hydrogen-bond acceptors (Lipinski definition) is 3. The van der Waals surface area contributed by atoms with Gasteiger partial charge in [0.2, 0.25) is 5.91 Å². The molecule has 1 aromatic heterocycles. The van der Waals surface area contributed by atoms with E-state index in [4.69, 9.17) is 0 Å². The van der Waals surface area contributed by atoms with Gasteiger partial charge in [0.05, 0.1) is 10.6 Å². The van der Waals surface area contributed by atoms with Crippen LogP contribution in [0.3, 0.4) is 0 Å². The van der Waals surface area contributed by atoms with Crippen molar-refractivity contribution in [3.63, 3.8) is 0 Å². The molecule has 2 heterocycles. The Hall–Kier alpha value is -1.03. The molecule has 0 aliphatic carbocycles. The van der Waals surface area contributed by atoms with Crippen LogP contribution in [0.2, 0.25) is 0 Å². The first-order valence-electron chi connectivity index (χ1n) is 4.22. The minimum absolute atomic E-state index is 0. The second-order valence-electron chi connectivity index (χ2n) is 2.84. The Morgan fingerprint density at radius 3 is 3.31 bits per heavy atom. The molecule has 0 unspecified atom stereocenters. The number of amides is 1. The van der Waals surface area contributed by atoms with Crippen LogP contribution in [0.15, 0.2) is 17.0 Å². The van der Waals surface area contributed by atoms with Gasteiger partial charge in [-0.3, -0.25) is 4.79 Å². The molecule has 70 valence electrons. The highest BCUT2D eigenvalue weighted by atomic mass is 32.2. The molecular formula is C9H12N2OS. The van der Waals surface area contributed by atoms with Crippen LogP contribution in [-0.2, 0) is 11.2 Å². The van der Waals surface area contributed by atoms with Crippen LogP contribution in [-0.4, -0.2) is 16.6 Å². The molecule has 3 nitrogen and oxygen atoms in total. The van der Waals surface area contributed by atoms with Gasteiger partial charge in [-0.15, -0.1) is 11.8 Å². The zero-order valence-corrected chi connectivity index (χ0v) is 8.15. The number of aromatic nitrogens is 1. The number of nitrogens with zero attached hydrogens (tertiary/aromatic N) is 1. The molecule has 0 aromatic carbocycles. The summed E-state index contributed by atoms with van der Waals surface area (Å²) in [6, 6.07) is 4.02. The largest absolute Gasteiger partial charge is 0.309 e. The molecule has 13 heavy (non-hydrogen) atoms. The maximum atomic E-state index is 11.1. The highest BCUT2D eigenvalue weighted by molar-refractivity contribution is 8.00.